The Morgan fingerprint density at radius 3 is 2.63 bits per heavy atom. The molecule has 2 atom stereocenters. The molecule has 4 rings (SSSR count). The maximum Gasteiger partial charge on any atom is 0.249 e. The molecule has 0 radical (unpaired) electrons. The number of morpholine rings is 1. The van der Waals surface area contributed by atoms with Crippen LogP contribution in [0.4, 0.5) is 0 Å². The summed E-state index contributed by atoms with van der Waals surface area (Å²) in [6, 6.07) is 14.8. The fraction of sp³-hybridized carbons (Fsp3) is 0.200. The largest absolute Gasteiger partial charge is 0.361 e. The standard InChI is InChI=1S/C20H16Cl2N2O2S/c21-15-6-4-13(5-7-15)19-20(14-2-1-3-16(22)8-14)26-10-18(25)24(19)9-17-11-27-12-23-17/h1-8,11-12,19-20H,9-10H2/t19-,20+/m0/s1. The molecule has 1 aliphatic heterocycles. The average Bonchev–Trinajstić information content (AvgIpc) is 3.17. The van der Waals surface area contributed by atoms with Crippen molar-refractivity contribution in [2.24, 2.45) is 0 Å². The second-order valence-corrected chi connectivity index (χ2v) is 7.88. The van der Waals surface area contributed by atoms with Gasteiger partial charge in [-0.25, -0.2) is 4.98 Å². The number of thiazole rings is 1. The number of carbonyl (C=O) groups is 1. The summed E-state index contributed by atoms with van der Waals surface area (Å²) in [5.74, 6) is -0.0683. The number of halogens is 2. The monoisotopic (exact) mass is 418 g/mol. The maximum absolute atomic E-state index is 12.7. The van der Waals surface area contributed by atoms with Crippen molar-refractivity contribution in [2.75, 3.05) is 6.61 Å². The van der Waals surface area contributed by atoms with Gasteiger partial charge >= 0.3 is 0 Å². The van der Waals surface area contributed by atoms with Crippen LogP contribution in [0.2, 0.25) is 10.0 Å². The molecule has 4 nitrogen and oxygen atoms in total. The quantitative estimate of drug-likeness (QED) is 0.577. The van der Waals surface area contributed by atoms with Gasteiger partial charge in [-0.15, -0.1) is 11.3 Å². The molecule has 2 aromatic carbocycles. The molecule has 0 unspecified atom stereocenters. The van der Waals surface area contributed by atoms with Gasteiger partial charge in [0.15, 0.2) is 0 Å². The molecule has 1 amide bonds. The van der Waals surface area contributed by atoms with Crippen LogP contribution in [-0.4, -0.2) is 22.4 Å². The third kappa shape index (κ3) is 4.01. The van der Waals surface area contributed by atoms with Crippen LogP contribution in [0.1, 0.15) is 29.0 Å². The minimum Gasteiger partial charge on any atom is -0.361 e. The molecule has 1 saturated heterocycles. The minimum absolute atomic E-state index is 0.0193. The number of ether oxygens (including phenoxy) is 1. The molecule has 7 heteroatoms. The number of hydrogen-bond donors (Lipinski definition) is 0. The van der Waals surface area contributed by atoms with E-state index >= 15 is 0 Å². The van der Waals surface area contributed by atoms with E-state index in [4.69, 9.17) is 27.9 Å². The van der Waals surface area contributed by atoms with Gasteiger partial charge in [0, 0.05) is 15.4 Å². The Bertz CT molecular complexity index is 931. The highest BCUT2D eigenvalue weighted by Gasteiger charge is 2.39. The molecule has 1 aliphatic rings. The molecule has 1 fully saturated rings. The van der Waals surface area contributed by atoms with Crippen LogP contribution >= 0.6 is 34.5 Å². The topological polar surface area (TPSA) is 42.4 Å². The van der Waals surface area contributed by atoms with E-state index in [9.17, 15) is 4.79 Å². The number of carbonyl (C=O) groups excluding carboxylic acids is 1. The Kier molecular flexibility index (Phi) is 5.45. The normalized spacial score (nSPS) is 20.1. The zero-order chi connectivity index (χ0) is 18.8. The number of rotatable bonds is 4. The van der Waals surface area contributed by atoms with Crippen molar-refractivity contribution in [3.8, 4) is 0 Å². The van der Waals surface area contributed by atoms with Gasteiger partial charge < -0.3 is 9.64 Å². The minimum atomic E-state index is -0.332. The first kappa shape index (κ1) is 18.4. The lowest BCUT2D eigenvalue weighted by molar-refractivity contribution is -0.159. The zero-order valence-corrected chi connectivity index (χ0v) is 16.5. The van der Waals surface area contributed by atoms with Gasteiger partial charge in [-0.05, 0) is 35.4 Å². The number of benzene rings is 2. The van der Waals surface area contributed by atoms with Crippen molar-refractivity contribution in [3.63, 3.8) is 0 Å². The van der Waals surface area contributed by atoms with Crippen molar-refractivity contribution in [3.05, 3.63) is 86.3 Å². The first-order valence-electron chi connectivity index (χ1n) is 8.41. The van der Waals surface area contributed by atoms with Gasteiger partial charge in [0.2, 0.25) is 5.91 Å². The van der Waals surface area contributed by atoms with Crippen molar-refractivity contribution in [1.29, 1.82) is 0 Å². The van der Waals surface area contributed by atoms with Crippen LogP contribution < -0.4 is 0 Å². The van der Waals surface area contributed by atoms with Gasteiger partial charge in [0.1, 0.15) is 12.7 Å². The van der Waals surface area contributed by atoms with Crippen molar-refractivity contribution in [2.45, 2.75) is 18.7 Å². The van der Waals surface area contributed by atoms with Crippen LogP contribution in [0.3, 0.4) is 0 Å². The first-order valence-corrected chi connectivity index (χ1v) is 10.1. The summed E-state index contributed by atoms with van der Waals surface area (Å²) < 4.78 is 5.98. The molecule has 0 bridgehead atoms. The lowest BCUT2D eigenvalue weighted by atomic mass is 9.92. The molecule has 2 heterocycles. The summed E-state index contributed by atoms with van der Waals surface area (Å²) in [5, 5.41) is 3.23. The smallest absolute Gasteiger partial charge is 0.249 e. The molecule has 138 valence electrons. The number of amides is 1. The van der Waals surface area contributed by atoms with Crippen molar-refractivity contribution in [1.82, 2.24) is 9.88 Å². The predicted octanol–water partition coefficient (Wildman–Crippen LogP) is 5.29. The highest BCUT2D eigenvalue weighted by molar-refractivity contribution is 7.07. The van der Waals surface area contributed by atoms with E-state index in [0.717, 1.165) is 16.8 Å². The second kappa shape index (κ2) is 7.98. The molecular weight excluding hydrogens is 403 g/mol. The molecule has 3 aromatic rings. The zero-order valence-electron chi connectivity index (χ0n) is 14.2. The van der Waals surface area contributed by atoms with E-state index in [0.29, 0.717) is 16.6 Å². The van der Waals surface area contributed by atoms with Gasteiger partial charge in [0.25, 0.3) is 0 Å². The first-order chi connectivity index (χ1) is 13.1. The van der Waals surface area contributed by atoms with Gasteiger partial charge in [-0.3, -0.25) is 4.79 Å². The number of nitrogens with zero attached hydrogens (tertiary/aromatic N) is 2. The van der Waals surface area contributed by atoms with E-state index in [1.54, 1.807) is 5.51 Å². The summed E-state index contributed by atoms with van der Waals surface area (Å²) in [6.07, 6.45) is -0.332. The number of hydrogen-bond acceptors (Lipinski definition) is 4. The van der Waals surface area contributed by atoms with Crippen molar-refractivity contribution >= 4 is 40.4 Å². The Labute approximate surface area is 171 Å². The summed E-state index contributed by atoms with van der Waals surface area (Å²) in [7, 11) is 0. The van der Waals surface area contributed by atoms with Crippen LogP contribution in [0, 0.1) is 0 Å². The Morgan fingerprint density at radius 1 is 1.11 bits per heavy atom. The SMILES string of the molecule is O=C1CO[C@H](c2cccc(Cl)c2)[C@H](c2ccc(Cl)cc2)N1Cc1cscn1. The lowest BCUT2D eigenvalue weighted by Crippen LogP contribution is -2.45. The third-order valence-electron chi connectivity index (χ3n) is 4.53. The van der Waals surface area contributed by atoms with Gasteiger partial charge in [-0.1, -0.05) is 47.5 Å². The van der Waals surface area contributed by atoms with Crippen LogP contribution in [0.25, 0.3) is 0 Å². The summed E-state index contributed by atoms with van der Waals surface area (Å²) in [6.45, 7) is 0.446. The van der Waals surface area contributed by atoms with E-state index in [-0.39, 0.29) is 24.7 Å². The summed E-state index contributed by atoms with van der Waals surface area (Å²) in [5.41, 5.74) is 4.51. The highest BCUT2D eigenvalue weighted by atomic mass is 35.5. The maximum atomic E-state index is 12.7. The van der Waals surface area contributed by atoms with Crippen LogP contribution in [0.15, 0.2) is 59.4 Å². The van der Waals surface area contributed by atoms with Crippen LogP contribution in [0.5, 0.6) is 0 Å². The van der Waals surface area contributed by atoms with Gasteiger partial charge in [-0.2, -0.15) is 0 Å². The lowest BCUT2D eigenvalue weighted by Gasteiger charge is -2.41. The molecule has 0 aliphatic carbocycles. The number of aromatic nitrogens is 1. The average molecular weight is 419 g/mol. The predicted molar refractivity (Wildman–Crippen MR) is 107 cm³/mol. The fourth-order valence-corrected chi connectivity index (χ4v) is 4.18. The summed E-state index contributed by atoms with van der Waals surface area (Å²) in [4.78, 5) is 18.9. The summed E-state index contributed by atoms with van der Waals surface area (Å²) >= 11 is 13.8. The van der Waals surface area contributed by atoms with E-state index in [2.05, 4.69) is 4.98 Å². The van der Waals surface area contributed by atoms with Gasteiger partial charge in [0.05, 0.1) is 23.8 Å². The Balaban J connectivity index is 1.77. The van der Waals surface area contributed by atoms with E-state index in [1.165, 1.54) is 11.3 Å². The Morgan fingerprint density at radius 2 is 1.93 bits per heavy atom. The van der Waals surface area contributed by atoms with Crippen molar-refractivity contribution < 1.29 is 9.53 Å². The van der Waals surface area contributed by atoms with E-state index in [1.807, 2.05) is 58.8 Å². The molecule has 0 spiro atoms. The second-order valence-electron chi connectivity index (χ2n) is 6.28. The molecule has 27 heavy (non-hydrogen) atoms. The Hall–Kier alpha value is -1.92. The van der Waals surface area contributed by atoms with E-state index < -0.39 is 0 Å². The third-order valence-corrected chi connectivity index (χ3v) is 5.66. The fourth-order valence-electron chi connectivity index (χ4n) is 3.31. The molecule has 0 saturated carbocycles. The molecule has 1 aromatic heterocycles. The van der Waals surface area contributed by atoms with Crippen LogP contribution in [-0.2, 0) is 16.1 Å². The molecule has 0 N–H and O–H groups in total. The highest BCUT2D eigenvalue weighted by Crippen LogP contribution is 2.41. The molecular formula is C20H16Cl2N2O2S.